The van der Waals surface area contributed by atoms with Crippen LogP contribution in [0.4, 0.5) is 0 Å². The summed E-state index contributed by atoms with van der Waals surface area (Å²) < 4.78 is 0. The van der Waals surface area contributed by atoms with Crippen molar-refractivity contribution in [2.24, 2.45) is 0 Å². The predicted molar refractivity (Wildman–Crippen MR) is 120 cm³/mol. The monoisotopic (exact) mass is 392 g/mol. The molecule has 0 unspecified atom stereocenters. The molecule has 0 amide bonds. The predicted octanol–water partition coefficient (Wildman–Crippen LogP) is 7.90. The lowest BCUT2D eigenvalue weighted by Crippen LogP contribution is -1.97. The summed E-state index contributed by atoms with van der Waals surface area (Å²) in [4.78, 5) is 0. The van der Waals surface area contributed by atoms with Gasteiger partial charge < -0.3 is 0 Å². The Morgan fingerprint density at radius 1 is 0.429 bits per heavy atom. The van der Waals surface area contributed by atoms with Gasteiger partial charge >= 0.3 is 0 Å². The van der Waals surface area contributed by atoms with E-state index in [-0.39, 0.29) is 0 Å². The second-order valence-electron chi connectivity index (χ2n) is 7.91. The maximum atomic E-state index is 6.00. The molecule has 0 bridgehead atoms. The van der Waals surface area contributed by atoms with Crippen molar-refractivity contribution in [3.05, 3.63) is 70.8 Å². The second-order valence-corrected chi connectivity index (χ2v) is 7.91. The summed E-state index contributed by atoms with van der Waals surface area (Å²) in [6.45, 7) is 17.9. The largest absolute Gasteiger partial charge is 0.255 e. The van der Waals surface area contributed by atoms with Gasteiger partial charge in [0.1, 0.15) is 0 Å². The minimum atomic E-state index is 0.642. The molecule has 4 heteroatoms. The summed E-state index contributed by atoms with van der Waals surface area (Å²) in [5.41, 5.74) is 5.85. The molecule has 0 radical (unpaired) electrons. The van der Waals surface area contributed by atoms with Crippen molar-refractivity contribution in [2.45, 2.75) is 79.1 Å². The second kappa shape index (κ2) is 16.3. The lowest BCUT2D eigenvalue weighted by molar-refractivity contribution is -0.176. The number of benzene rings is 2. The van der Waals surface area contributed by atoms with Gasteiger partial charge in [-0.25, -0.2) is 0 Å². The highest BCUT2D eigenvalue weighted by atomic mass is 17.0. The van der Waals surface area contributed by atoms with E-state index in [0.717, 1.165) is 0 Å². The molecule has 0 atom stereocenters. The fourth-order valence-corrected chi connectivity index (χ4v) is 2.83. The highest BCUT2D eigenvalue weighted by Crippen LogP contribution is 2.25. The van der Waals surface area contributed by atoms with Crippen molar-refractivity contribution in [3.63, 3.8) is 0 Å². The first-order chi connectivity index (χ1) is 13.2. The maximum Gasteiger partial charge on any atom is -0.0216 e. The Balaban J connectivity index is 0. The van der Waals surface area contributed by atoms with E-state index in [2.05, 4.69) is 104 Å². The van der Waals surface area contributed by atoms with Crippen molar-refractivity contribution in [1.29, 1.82) is 0 Å². The van der Waals surface area contributed by atoms with Crippen LogP contribution in [0.3, 0.4) is 0 Å². The number of hydrogen-bond acceptors (Lipinski definition) is 4. The van der Waals surface area contributed by atoms with Crippen LogP contribution in [0, 0.1) is 0 Å². The van der Waals surface area contributed by atoms with Crippen LogP contribution < -0.4 is 0 Å². The summed E-state index contributed by atoms with van der Waals surface area (Å²) in [6, 6.07) is 17.7. The van der Waals surface area contributed by atoms with E-state index in [0.29, 0.717) is 23.7 Å². The molecule has 2 aromatic carbocycles. The summed E-state index contributed by atoms with van der Waals surface area (Å²) in [5, 5.41) is 24.0. The molecule has 4 N–H and O–H groups in total. The third-order valence-electron chi connectivity index (χ3n) is 4.51. The first kappa shape index (κ1) is 28.5. The minimum absolute atomic E-state index is 0.642. The van der Waals surface area contributed by atoms with Gasteiger partial charge in [-0.05, 0) is 45.9 Å². The van der Waals surface area contributed by atoms with Crippen molar-refractivity contribution in [3.8, 4) is 0 Å². The highest BCUT2D eigenvalue weighted by molar-refractivity contribution is 5.31. The van der Waals surface area contributed by atoms with Gasteiger partial charge in [-0.15, -0.1) is 0 Å². The first-order valence-corrected chi connectivity index (χ1v) is 9.82. The molecule has 28 heavy (non-hydrogen) atoms. The van der Waals surface area contributed by atoms with Gasteiger partial charge in [0, 0.05) is 0 Å². The van der Waals surface area contributed by atoms with E-state index in [1.807, 2.05) is 0 Å². The van der Waals surface area contributed by atoms with Gasteiger partial charge in [0.2, 0.25) is 0 Å². The lowest BCUT2D eigenvalue weighted by atomic mass is 9.91. The van der Waals surface area contributed by atoms with Crippen LogP contribution in [0.5, 0.6) is 0 Å². The van der Waals surface area contributed by atoms with E-state index in [9.17, 15) is 0 Å². The Bertz CT molecular complexity index is 548. The van der Waals surface area contributed by atoms with Gasteiger partial charge in [-0.2, -0.15) is 0 Å². The van der Waals surface area contributed by atoms with Gasteiger partial charge in [0.25, 0.3) is 0 Å². The molecule has 2 aromatic rings. The molecule has 0 aliphatic heterocycles. The van der Waals surface area contributed by atoms with E-state index >= 15 is 0 Å². The third-order valence-corrected chi connectivity index (χ3v) is 4.51. The van der Waals surface area contributed by atoms with Crippen molar-refractivity contribution >= 4 is 0 Å². The number of hydrogen-bond donors (Lipinski definition) is 4. The molecule has 0 spiro atoms. The van der Waals surface area contributed by atoms with Crippen molar-refractivity contribution in [1.82, 2.24) is 0 Å². The summed E-state index contributed by atoms with van der Waals surface area (Å²) >= 11 is 0. The zero-order valence-corrected chi connectivity index (χ0v) is 18.7. The Morgan fingerprint density at radius 3 is 0.857 bits per heavy atom. The normalized spacial score (nSPS) is 10.0. The van der Waals surface area contributed by atoms with Crippen LogP contribution in [0.1, 0.15) is 101 Å². The van der Waals surface area contributed by atoms with Crippen molar-refractivity contribution in [2.75, 3.05) is 0 Å². The van der Waals surface area contributed by atoms with Gasteiger partial charge in [-0.3, -0.25) is 21.0 Å². The highest BCUT2D eigenvalue weighted by Gasteiger charge is 2.07. The first-order valence-electron chi connectivity index (χ1n) is 9.82. The molecule has 160 valence electrons. The fourth-order valence-electron chi connectivity index (χ4n) is 2.83. The van der Waals surface area contributed by atoms with Gasteiger partial charge in [0.05, 0.1) is 0 Å². The molecular formula is C24H40O4. The molecule has 0 saturated heterocycles. The molecule has 0 heterocycles. The zero-order valence-electron chi connectivity index (χ0n) is 18.7. The minimum Gasteiger partial charge on any atom is -0.255 e. The van der Waals surface area contributed by atoms with Crippen LogP contribution in [-0.4, -0.2) is 21.0 Å². The molecule has 0 fully saturated rings. The Hall–Kier alpha value is -1.72. The Kier molecular flexibility index (Phi) is 16.5. The number of rotatable bonds is 4. The summed E-state index contributed by atoms with van der Waals surface area (Å²) in [7, 11) is 0. The van der Waals surface area contributed by atoms with E-state index in [1.54, 1.807) is 0 Å². The summed E-state index contributed by atoms with van der Waals surface area (Å²) in [6.07, 6.45) is 0. The van der Waals surface area contributed by atoms with Crippen LogP contribution in [-0.2, 0) is 0 Å². The third kappa shape index (κ3) is 10.6. The summed E-state index contributed by atoms with van der Waals surface area (Å²) in [5.74, 6) is 2.57. The zero-order chi connectivity index (χ0) is 22.3. The molecule has 0 aromatic heterocycles. The SMILES string of the molecule is CC(C)c1ccc(C(C)C)cc1.CC(C)c1ccccc1C(C)C.OO.OO. The molecule has 0 aliphatic carbocycles. The standard InChI is InChI=1S/2C12H18.2H2O2/c1-9(2)11-5-7-12(8-6-11)10(3)4;1-9(2)11-7-5-6-8-12(11)10(3)4;2*1-2/h2*5-10H,1-4H3;2*1-2H. The Labute approximate surface area is 171 Å². The molecular weight excluding hydrogens is 352 g/mol. The quantitative estimate of drug-likeness (QED) is 0.315. The molecule has 4 nitrogen and oxygen atoms in total. The van der Waals surface area contributed by atoms with Crippen LogP contribution in [0.2, 0.25) is 0 Å². The van der Waals surface area contributed by atoms with E-state index < -0.39 is 0 Å². The molecule has 2 rings (SSSR count). The Morgan fingerprint density at radius 2 is 0.679 bits per heavy atom. The van der Waals surface area contributed by atoms with E-state index in [1.165, 1.54) is 22.3 Å². The topological polar surface area (TPSA) is 80.9 Å². The van der Waals surface area contributed by atoms with Crippen LogP contribution in [0.25, 0.3) is 0 Å². The smallest absolute Gasteiger partial charge is 0.0216 e. The maximum absolute atomic E-state index is 6.00. The molecule has 0 aliphatic rings. The van der Waals surface area contributed by atoms with Gasteiger partial charge in [0.15, 0.2) is 0 Å². The average Bonchev–Trinajstić information content (AvgIpc) is 2.71. The van der Waals surface area contributed by atoms with Crippen molar-refractivity contribution < 1.29 is 21.0 Å². The van der Waals surface area contributed by atoms with E-state index in [4.69, 9.17) is 21.0 Å². The van der Waals surface area contributed by atoms with Crippen LogP contribution >= 0.6 is 0 Å². The van der Waals surface area contributed by atoms with Crippen LogP contribution in [0.15, 0.2) is 48.5 Å². The fraction of sp³-hybridized carbons (Fsp3) is 0.500. The lowest BCUT2D eigenvalue weighted by Gasteiger charge is -2.14. The molecule has 0 saturated carbocycles. The van der Waals surface area contributed by atoms with Gasteiger partial charge in [-0.1, -0.05) is 104 Å². The average molecular weight is 393 g/mol.